The van der Waals surface area contributed by atoms with E-state index in [4.69, 9.17) is 0 Å². The van der Waals surface area contributed by atoms with Crippen LogP contribution in [0, 0.1) is 0 Å². The Balaban J connectivity index is 1.44. The van der Waals surface area contributed by atoms with Crippen molar-refractivity contribution in [1.82, 2.24) is 19.6 Å². The third-order valence-electron chi connectivity index (χ3n) is 7.31. The van der Waals surface area contributed by atoms with Gasteiger partial charge < -0.3 is 14.6 Å². The summed E-state index contributed by atoms with van der Waals surface area (Å²) in [5.74, 6) is -0.0521. The lowest BCUT2D eigenvalue weighted by atomic mass is 9.85. The smallest absolute Gasteiger partial charge is 0.333 e. The van der Waals surface area contributed by atoms with Crippen molar-refractivity contribution in [2.75, 3.05) is 6.54 Å². The fourth-order valence-electron chi connectivity index (χ4n) is 5.38. The second kappa shape index (κ2) is 11.0. The zero-order valence-corrected chi connectivity index (χ0v) is 23.4. The Hall–Kier alpha value is -4.14. The van der Waals surface area contributed by atoms with Gasteiger partial charge in [-0.15, -0.1) is 0 Å². The SMILES string of the molecule is CC(C)(C)NC(=O)N1CCc2c(-c3cccc(C(F)(F)F)c3)ccc(C(=O)CCCc3cnc4ccccn34)c2C1. The molecule has 5 rings (SSSR count). The summed E-state index contributed by atoms with van der Waals surface area (Å²) in [5.41, 5.74) is 3.84. The number of aromatic nitrogens is 2. The Bertz CT molecular complexity index is 1600. The summed E-state index contributed by atoms with van der Waals surface area (Å²) in [6, 6.07) is 14.2. The standard InChI is InChI=1S/C32H33F3N4O2/c1-31(2,3)37-30(41)38-17-15-25-24(21-8-6-9-22(18-21)32(33,34)35)13-14-26(27(25)20-38)28(40)11-7-10-23-19-36-29-12-4-5-16-39(23)29/h4-6,8-9,12-14,16,18-19H,7,10-11,15,17,20H2,1-3H3,(H,37,41). The number of carbonyl (C=O) groups is 2. The Morgan fingerprint density at radius 2 is 1.80 bits per heavy atom. The molecule has 0 atom stereocenters. The summed E-state index contributed by atoms with van der Waals surface area (Å²) in [4.78, 5) is 32.7. The number of hydrogen-bond donors (Lipinski definition) is 1. The summed E-state index contributed by atoms with van der Waals surface area (Å²) in [5, 5.41) is 2.97. The molecule has 0 aliphatic carbocycles. The van der Waals surface area contributed by atoms with E-state index in [0.29, 0.717) is 54.5 Å². The van der Waals surface area contributed by atoms with Gasteiger partial charge in [-0.05, 0) is 86.6 Å². The topological polar surface area (TPSA) is 66.7 Å². The predicted molar refractivity (Wildman–Crippen MR) is 152 cm³/mol. The molecule has 9 heteroatoms. The minimum atomic E-state index is -4.46. The molecule has 214 valence electrons. The van der Waals surface area contributed by atoms with Gasteiger partial charge in [-0.1, -0.05) is 30.3 Å². The number of urea groups is 1. The number of ketones is 1. The molecule has 2 aromatic carbocycles. The molecular weight excluding hydrogens is 529 g/mol. The van der Waals surface area contributed by atoms with E-state index in [9.17, 15) is 22.8 Å². The maximum Gasteiger partial charge on any atom is 0.416 e. The molecule has 2 aromatic heterocycles. The largest absolute Gasteiger partial charge is 0.416 e. The highest BCUT2D eigenvalue weighted by atomic mass is 19.4. The number of nitrogens with zero attached hydrogens (tertiary/aromatic N) is 3. The van der Waals surface area contributed by atoms with Crippen molar-refractivity contribution >= 4 is 17.5 Å². The molecule has 0 fully saturated rings. The van der Waals surface area contributed by atoms with E-state index in [2.05, 4.69) is 10.3 Å². The molecule has 3 heterocycles. The molecule has 0 spiro atoms. The molecule has 0 radical (unpaired) electrons. The number of fused-ring (bicyclic) bond motifs is 2. The van der Waals surface area contributed by atoms with Crippen molar-refractivity contribution in [3.05, 3.63) is 94.9 Å². The Morgan fingerprint density at radius 3 is 2.56 bits per heavy atom. The summed E-state index contributed by atoms with van der Waals surface area (Å²) >= 11 is 0. The van der Waals surface area contributed by atoms with Gasteiger partial charge in [0, 0.05) is 48.7 Å². The van der Waals surface area contributed by atoms with Crippen molar-refractivity contribution in [3.8, 4) is 11.1 Å². The minimum absolute atomic E-state index is 0.0521. The molecule has 1 aliphatic heterocycles. The minimum Gasteiger partial charge on any atom is -0.333 e. The van der Waals surface area contributed by atoms with Crippen LogP contribution in [-0.4, -0.2) is 38.2 Å². The monoisotopic (exact) mass is 562 g/mol. The van der Waals surface area contributed by atoms with Crippen molar-refractivity contribution in [2.24, 2.45) is 0 Å². The lowest BCUT2D eigenvalue weighted by Gasteiger charge is -2.34. The fourth-order valence-corrected chi connectivity index (χ4v) is 5.38. The molecule has 41 heavy (non-hydrogen) atoms. The third-order valence-corrected chi connectivity index (χ3v) is 7.31. The molecule has 0 bridgehead atoms. The quantitative estimate of drug-likeness (QED) is 0.255. The number of alkyl halides is 3. The molecule has 6 nitrogen and oxygen atoms in total. The number of benzene rings is 2. The molecule has 1 N–H and O–H groups in total. The second-order valence-electron chi connectivity index (χ2n) is 11.5. The van der Waals surface area contributed by atoms with Gasteiger partial charge in [0.2, 0.25) is 0 Å². The van der Waals surface area contributed by atoms with Crippen LogP contribution in [-0.2, 0) is 25.6 Å². The number of rotatable bonds is 6. The second-order valence-corrected chi connectivity index (χ2v) is 11.5. The molecular formula is C32H33F3N4O2. The van der Waals surface area contributed by atoms with Crippen LogP contribution < -0.4 is 5.32 Å². The maximum absolute atomic E-state index is 13.6. The van der Waals surface area contributed by atoms with Crippen molar-refractivity contribution < 1.29 is 22.8 Å². The number of pyridine rings is 1. The zero-order valence-electron chi connectivity index (χ0n) is 23.4. The van der Waals surface area contributed by atoms with Crippen LogP contribution in [0.4, 0.5) is 18.0 Å². The number of hydrogen-bond acceptors (Lipinski definition) is 3. The van der Waals surface area contributed by atoms with Crippen LogP contribution in [0.25, 0.3) is 16.8 Å². The van der Waals surface area contributed by atoms with Gasteiger partial charge in [0.25, 0.3) is 0 Å². The number of imidazole rings is 1. The summed E-state index contributed by atoms with van der Waals surface area (Å²) < 4.78 is 42.4. The highest BCUT2D eigenvalue weighted by Gasteiger charge is 2.32. The number of halogens is 3. The van der Waals surface area contributed by atoms with Crippen LogP contribution in [0.1, 0.15) is 66.4 Å². The average Bonchev–Trinajstić information content (AvgIpc) is 3.33. The van der Waals surface area contributed by atoms with Crippen LogP contribution >= 0.6 is 0 Å². The van der Waals surface area contributed by atoms with E-state index in [1.54, 1.807) is 23.1 Å². The van der Waals surface area contributed by atoms with Gasteiger partial charge in [-0.2, -0.15) is 13.2 Å². The Morgan fingerprint density at radius 1 is 1.00 bits per heavy atom. The normalized spacial score (nSPS) is 13.8. The van der Waals surface area contributed by atoms with E-state index < -0.39 is 17.3 Å². The summed E-state index contributed by atoms with van der Waals surface area (Å²) in [6.07, 6.45) is 1.30. The number of aryl methyl sites for hydroxylation is 1. The maximum atomic E-state index is 13.6. The molecule has 1 aliphatic rings. The molecule has 4 aromatic rings. The van der Waals surface area contributed by atoms with Crippen molar-refractivity contribution in [3.63, 3.8) is 0 Å². The van der Waals surface area contributed by atoms with Gasteiger partial charge in [0.15, 0.2) is 5.78 Å². The third kappa shape index (κ3) is 6.29. The predicted octanol–water partition coefficient (Wildman–Crippen LogP) is 7.09. The first-order chi connectivity index (χ1) is 19.4. The van der Waals surface area contributed by atoms with E-state index in [1.165, 1.54) is 6.07 Å². The zero-order chi connectivity index (χ0) is 29.4. The number of nitrogens with one attached hydrogen (secondary N) is 1. The van der Waals surface area contributed by atoms with Crippen LogP contribution in [0.3, 0.4) is 0 Å². The van der Waals surface area contributed by atoms with E-state index >= 15 is 0 Å². The summed E-state index contributed by atoms with van der Waals surface area (Å²) in [7, 11) is 0. The van der Waals surface area contributed by atoms with E-state index in [0.717, 1.165) is 29.0 Å². The van der Waals surface area contributed by atoms with Gasteiger partial charge >= 0.3 is 12.2 Å². The van der Waals surface area contributed by atoms with Crippen LogP contribution in [0.2, 0.25) is 0 Å². The lowest BCUT2D eigenvalue weighted by molar-refractivity contribution is -0.137. The van der Waals surface area contributed by atoms with E-state index in [-0.39, 0.29) is 18.4 Å². The lowest BCUT2D eigenvalue weighted by Crippen LogP contribution is -2.50. The molecule has 2 amide bonds. The fraction of sp³-hybridized carbons (Fsp3) is 0.344. The van der Waals surface area contributed by atoms with E-state index in [1.807, 2.05) is 55.8 Å². The van der Waals surface area contributed by atoms with Gasteiger partial charge in [-0.3, -0.25) is 4.79 Å². The van der Waals surface area contributed by atoms with Crippen molar-refractivity contribution in [2.45, 2.75) is 64.7 Å². The number of Topliss-reactive ketones (excluding diaryl/α,β-unsaturated/α-hetero) is 1. The van der Waals surface area contributed by atoms with Gasteiger partial charge in [0.05, 0.1) is 5.56 Å². The highest BCUT2D eigenvalue weighted by molar-refractivity contribution is 5.99. The summed E-state index contributed by atoms with van der Waals surface area (Å²) in [6.45, 7) is 6.29. The first-order valence-corrected chi connectivity index (χ1v) is 13.7. The highest BCUT2D eigenvalue weighted by Crippen LogP contribution is 2.37. The van der Waals surface area contributed by atoms with Gasteiger partial charge in [-0.25, -0.2) is 9.78 Å². The van der Waals surface area contributed by atoms with Crippen molar-refractivity contribution in [1.29, 1.82) is 0 Å². The van der Waals surface area contributed by atoms with Crippen LogP contribution in [0.5, 0.6) is 0 Å². The van der Waals surface area contributed by atoms with Crippen LogP contribution in [0.15, 0.2) is 67.0 Å². The first-order valence-electron chi connectivity index (χ1n) is 13.7. The number of carbonyl (C=O) groups excluding carboxylic acids is 2. The first kappa shape index (κ1) is 28.4. The molecule has 0 saturated carbocycles. The Kier molecular flexibility index (Phi) is 7.64. The molecule has 0 unspecified atom stereocenters. The Labute approximate surface area is 237 Å². The average molecular weight is 563 g/mol. The van der Waals surface area contributed by atoms with Gasteiger partial charge in [0.1, 0.15) is 5.65 Å². The number of amides is 2. The molecule has 0 saturated heterocycles.